The molecule has 0 spiro atoms. The Kier molecular flexibility index (Phi) is 6.41. The van der Waals surface area contributed by atoms with Gasteiger partial charge in [0.05, 0.1) is 10.7 Å². The number of aromatic nitrogens is 1. The van der Waals surface area contributed by atoms with Crippen LogP contribution in [0.1, 0.15) is 22.7 Å². The predicted molar refractivity (Wildman–Crippen MR) is 105 cm³/mol. The Morgan fingerprint density at radius 1 is 1.31 bits per heavy atom. The van der Waals surface area contributed by atoms with Gasteiger partial charge in [-0.1, -0.05) is 12.1 Å². The van der Waals surface area contributed by atoms with E-state index in [9.17, 15) is 4.79 Å². The second-order valence-electron chi connectivity index (χ2n) is 6.53. The molecule has 2 heterocycles. The highest BCUT2D eigenvalue weighted by molar-refractivity contribution is 7.09. The van der Waals surface area contributed by atoms with Crippen LogP contribution in [-0.2, 0) is 11.4 Å². The van der Waals surface area contributed by atoms with E-state index in [0.717, 1.165) is 54.6 Å². The molecule has 3 rings (SSSR count). The van der Waals surface area contributed by atoms with Gasteiger partial charge >= 0.3 is 0 Å². The van der Waals surface area contributed by atoms with Gasteiger partial charge in [-0.2, -0.15) is 0 Å². The average molecular weight is 372 g/mol. The molecule has 0 N–H and O–H groups in total. The summed E-state index contributed by atoms with van der Waals surface area (Å²) in [5, 5.41) is 3.05. The lowest BCUT2D eigenvalue weighted by molar-refractivity contribution is -0.125. The maximum Gasteiger partial charge on any atom is 0.246 e. The second kappa shape index (κ2) is 8.96. The van der Waals surface area contributed by atoms with E-state index in [1.165, 1.54) is 0 Å². The fourth-order valence-electron chi connectivity index (χ4n) is 2.88. The molecule has 5 nitrogen and oxygen atoms in total. The highest BCUT2D eigenvalue weighted by Gasteiger charge is 2.15. The number of hydrogen-bond acceptors (Lipinski definition) is 5. The topological polar surface area (TPSA) is 45.7 Å². The fourth-order valence-corrected chi connectivity index (χ4v) is 3.48. The molecule has 1 aliphatic rings. The molecule has 2 aromatic rings. The van der Waals surface area contributed by atoms with Gasteiger partial charge in [0, 0.05) is 31.1 Å². The van der Waals surface area contributed by atoms with E-state index in [2.05, 4.69) is 16.9 Å². The zero-order valence-electron chi connectivity index (χ0n) is 15.4. The number of ether oxygens (including phenoxy) is 1. The number of nitrogens with zero attached hydrogens (tertiary/aromatic N) is 3. The van der Waals surface area contributed by atoms with Crippen LogP contribution in [0.5, 0.6) is 5.75 Å². The number of amides is 1. The molecule has 1 saturated heterocycles. The van der Waals surface area contributed by atoms with Crippen LogP contribution in [0.25, 0.3) is 6.08 Å². The molecule has 0 atom stereocenters. The van der Waals surface area contributed by atoms with Crippen LogP contribution in [0, 0.1) is 6.92 Å². The molecule has 1 fully saturated rings. The van der Waals surface area contributed by atoms with Crippen molar-refractivity contribution in [2.24, 2.45) is 0 Å². The molecule has 0 bridgehead atoms. The molecule has 0 unspecified atom stereocenters. The molecule has 0 aliphatic carbocycles. The lowest BCUT2D eigenvalue weighted by Crippen LogP contribution is -2.33. The first-order valence-corrected chi connectivity index (χ1v) is 9.77. The smallest absolute Gasteiger partial charge is 0.246 e. The lowest BCUT2D eigenvalue weighted by atomic mass is 10.2. The van der Waals surface area contributed by atoms with Gasteiger partial charge in [-0.15, -0.1) is 11.3 Å². The van der Waals surface area contributed by atoms with E-state index in [1.54, 1.807) is 17.4 Å². The van der Waals surface area contributed by atoms with E-state index in [4.69, 9.17) is 4.74 Å². The van der Waals surface area contributed by atoms with Crippen LogP contribution in [-0.4, -0.2) is 53.9 Å². The van der Waals surface area contributed by atoms with E-state index < -0.39 is 0 Å². The minimum atomic E-state index is 0.0737. The molecule has 0 saturated carbocycles. The van der Waals surface area contributed by atoms with Gasteiger partial charge in [-0.25, -0.2) is 4.98 Å². The van der Waals surface area contributed by atoms with Crippen LogP contribution < -0.4 is 4.74 Å². The highest BCUT2D eigenvalue weighted by Crippen LogP contribution is 2.17. The first kappa shape index (κ1) is 18.6. The molecule has 6 heteroatoms. The number of thiazole rings is 1. The zero-order chi connectivity index (χ0) is 18.4. The highest BCUT2D eigenvalue weighted by atomic mass is 32.1. The van der Waals surface area contributed by atoms with E-state index in [0.29, 0.717) is 6.61 Å². The van der Waals surface area contributed by atoms with Gasteiger partial charge in [-0.3, -0.25) is 4.79 Å². The monoisotopic (exact) mass is 371 g/mol. The molecule has 1 aliphatic heterocycles. The summed E-state index contributed by atoms with van der Waals surface area (Å²) < 4.78 is 5.81. The summed E-state index contributed by atoms with van der Waals surface area (Å²) in [5.41, 5.74) is 1.90. The van der Waals surface area contributed by atoms with Gasteiger partial charge in [0.1, 0.15) is 12.4 Å². The normalized spacial score (nSPS) is 16.0. The standard InChI is InChI=1S/C20H25N3O2S/c1-16-21-18(15-26-16)14-25-19-6-3-5-17(13-19)7-8-20(24)23-10-4-9-22(2)11-12-23/h3,5-8,13,15H,4,9-12,14H2,1-2H3/b8-7+. The minimum absolute atomic E-state index is 0.0737. The third-order valence-corrected chi connectivity index (χ3v) is 5.18. The molecule has 0 radical (unpaired) electrons. The first-order chi connectivity index (χ1) is 12.6. The number of hydrogen-bond donors (Lipinski definition) is 0. The second-order valence-corrected chi connectivity index (χ2v) is 7.60. The van der Waals surface area contributed by atoms with Gasteiger partial charge in [0.2, 0.25) is 5.91 Å². The number of rotatable bonds is 5. The van der Waals surface area contributed by atoms with Crippen molar-refractivity contribution in [1.82, 2.24) is 14.8 Å². The number of aryl methyl sites for hydroxylation is 1. The fraction of sp³-hybridized carbons (Fsp3) is 0.400. The summed E-state index contributed by atoms with van der Waals surface area (Å²) in [7, 11) is 2.10. The summed E-state index contributed by atoms with van der Waals surface area (Å²) in [6.07, 6.45) is 4.54. The Balaban J connectivity index is 1.57. The van der Waals surface area contributed by atoms with Crippen molar-refractivity contribution in [2.45, 2.75) is 20.0 Å². The Morgan fingerprint density at radius 3 is 3.00 bits per heavy atom. The van der Waals surface area contributed by atoms with Gasteiger partial charge in [0.25, 0.3) is 0 Å². The molecule has 1 aromatic heterocycles. The van der Waals surface area contributed by atoms with Gasteiger partial charge < -0.3 is 14.5 Å². The van der Waals surface area contributed by atoms with Crippen LogP contribution in [0.4, 0.5) is 0 Å². The molecule has 1 amide bonds. The number of likely N-dealkylation sites (N-methyl/N-ethyl adjacent to an activating group) is 1. The van der Waals surface area contributed by atoms with Gasteiger partial charge in [-0.05, 0) is 50.7 Å². The van der Waals surface area contributed by atoms with E-state index in [1.807, 2.05) is 47.5 Å². The Hall–Kier alpha value is -2.18. The van der Waals surface area contributed by atoms with Crippen LogP contribution in [0.15, 0.2) is 35.7 Å². The number of carbonyl (C=O) groups excluding carboxylic acids is 1. The summed E-state index contributed by atoms with van der Waals surface area (Å²) in [5.74, 6) is 0.853. The average Bonchev–Trinajstić information content (AvgIpc) is 2.93. The maximum absolute atomic E-state index is 12.4. The van der Waals surface area contributed by atoms with Crippen molar-refractivity contribution in [2.75, 3.05) is 33.2 Å². The zero-order valence-corrected chi connectivity index (χ0v) is 16.2. The SMILES string of the molecule is Cc1nc(COc2cccc(/C=C/C(=O)N3CCCN(C)CC3)c2)cs1. The predicted octanol–water partition coefficient (Wildman–Crippen LogP) is 3.21. The first-order valence-electron chi connectivity index (χ1n) is 8.89. The number of carbonyl (C=O) groups is 1. The summed E-state index contributed by atoms with van der Waals surface area (Å²) in [6, 6.07) is 7.77. The van der Waals surface area contributed by atoms with Crippen LogP contribution in [0.3, 0.4) is 0 Å². The molecular formula is C20H25N3O2S. The lowest BCUT2D eigenvalue weighted by Gasteiger charge is -2.18. The summed E-state index contributed by atoms with van der Waals surface area (Å²) >= 11 is 1.62. The number of benzene rings is 1. The Labute approximate surface area is 158 Å². The van der Waals surface area contributed by atoms with Gasteiger partial charge in [0.15, 0.2) is 0 Å². The summed E-state index contributed by atoms with van der Waals surface area (Å²) in [6.45, 7) is 6.03. The van der Waals surface area contributed by atoms with Crippen molar-refractivity contribution in [3.63, 3.8) is 0 Å². The van der Waals surface area contributed by atoms with Crippen molar-refractivity contribution in [1.29, 1.82) is 0 Å². The van der Waals surface area contributed by atoms with Crippen molar-refractivity contribution >= 4 is 23.3 Å². The minimum Gasteiger partial charge on any atom is -0.487 e. The van der Waals surface area contributed by atoms with Crippen LogP contribution in [0.2, 0.25) is 0 Å². The van der Waals surface area contributed by atoms with Crippen molar-refractivity contribution in [3.8, 4) is 5.75 Å². The molecule has 26 heavy (non-hydrogen) atoms. The third-order valence-electron chi connectivity index (χ3n) is 4.36. The quantitative estimate of drug-likeness (QED) is 0.757. The van der Waals surface area contributed by atoms with Crippen LogP contribution >= 0.6 is 11.3 Å². The Morgan fingerprint density at radius 2 is 2.19 bits per heavy atom. The summed E-state index contributed by atoms with van der Waals surface area (Å²) in [4.78, 5) is 21.0. The Bertz CT molecular complexity index is 772. The maximum atomic E-state index is 12.4. The third kappa shape index (κ3) is 5.41. The van der Waals surface area contributed by atoms with E-state index >= 15 is 0 Å². The molecular weight excluding hydrogens is 346 g/mol. The van der Waals surface area contributed by atoms with E-state index in [-0.39, 0.29) is 5.91 Å². The molecule has 1 aromatic carbocycles. The van der Waals surface area contributed by atoms with Crippen molar-refractivity contribution in [3.05, 3.63) is 52.0 Å². The van der Waals surface area contributed by atoms with Crippen molar-refractivity contribution < 1.29 is 9.53 Å². The molecule has 138 valence electrons. The largest absolute Gasteiger partial charge is 0.487 e.